The zero-order chi connectivity index (χ0) is 17.6. The molecular weight excluding hydrogens is 376 g/mol. The zero-order valence-electron chi connectivity index (χ0n) is 13.2. The van der Waals surface area contributed by atoms with E-state index in [9.17, 15) is 9.90 Å². The van der Waals surface area contributed by atoms with Crippen molar-refractivity contribution in [3.05, 3.63) is 69.4 Å². The van der Waals surface area contributed by atoms with E-state index < -0.39 is 6.10 Å². The zero-order valence-corrected chi connectivity index (χ0v) is 15.6. The van der Waals surface area contributed by atoms with Crippen LogP contribution in [0.15, 0.2) is 53.9 Å². The smallest absolute Gasteiger partial charge is 0.315 e. The van der Waals surface area contributed by atoms with E-state index in [2.05, 4.69) is 16.7 Å². The van der Waals surface area contributed by atoms with E-state index in [4.69, 9.17) is 11.6 Å². The summed E-state index contributed by atoms with van der Waals surface area (Å²) in [7, 11) is 0. The van der Waals surface area contributed by atoms with Gasteiger partial charge in [0, 0.05) is 26.2 Å². The molecule has 0 aliphatic rings. The number of halogens is 1. The average molecular weight is 393 g/mol. The van der Waals surface area contributed by atoms with E-state index in [1.807, 2.05) is 35.7 Å². The quantitative estimate of drug-likeness (QED) is 0.571. The Balaban J connectivity index is 1.46. The van der Waals surface area contributed by atoms with Crippen LogP contribution in [-0.2, 0) is 6.54 Å². The van der Waals surface area contributed by atoms with Gasteiger partial charge in [0.2, 0.25) is 0 Å². The molecule has 1 atom stereocenters. The topological polar surface area (TPSA) is 61.4 Å². The molecule has 0 aliphatic carbocycles. The fraction of sp³-hybridized carbons (Fsp3) is 0.167. The summed E-state index contributed by atoms with van der Waals surface area (Å²) in [6.45, 7) is 0.567. The van der Waals surface area contributed by atoms with Crippen molar-refractivity contribution in [1.29, 1.82) is 0 Å². The Kier molecular flexibility index (Phi) is 6.09. The lowest BCUT2D eigenvalue weighted by molar-refractivity contribution is 0.176. The number of amides is 2. The lowest BCUT2D eigenvalue weighted by Gasteiger charge is -2.11. The number of hydrogen-bond donors (Lipinski definition) is 3. The minimum absolute atomic E-state index is 0.164. The van der Waals surface area contributed by atoms with Crippen molar-refractivity contribution in [1.82, 2.24) is 10.6 Å². The van der Waals surface area contributed by atoms with Gasteiger partial charge >= 0.3 is 6.03 Å². The minimum Gasteiger partial charge on any atom is -0.386 e. The number of carbonyl (C=O) groups excluding carboxylic acids is 1. The van der Waals surface area contributed by atoms with Crippen LogP contribution in [0, 0.1) is 0 Å². The number of hydrogen-bond acceptors (Lipinski definition) is 4. The normalized spacial score (nSPS) is 11.9. The van der Waals surface area contributed by atoms with Gasteiger partial charge in [-0.1, -0.05) is 29.8 Å². The number of benzene rings is 1. The summed E-state index contributed by atoms with van der Waals surface area (Å²) in [5.41, 5.74) is 0.957. The van der Waals surface area contributed by atoms with Gasteiger partial charge in [-0.2, -0.15) is 0 Å². The molecule has 1 aromatic carbocycles. The number of carbonyl (C=O) groups is 1. The molecule has 3 N–H and O–H groups in total. The van der Waals surface area contributed by atoms with Gasteiger partial charge in [-0.3, -0.25) is 0 Å². The van der Waals surface area contributed by atoms with Crippen LogP contribution in [0.4, 0.5) is 4.79 Å². The highest BCUT2D eigenvalue weighted by atomic mass is 35.5. The second-order valence-corrected chi connectivity index (χ2v) is 7.88. The van der Waals surface area contributed by atoms with E-state index in [0.717, 1.165) is 15.3 Å². The number of rotatable bonds is 6. The molecule has 130 valence electrons. The van der Waals surface area contributed by atoms with Gasteiger partial charge in [0.05, 0.1) is 6.54 Å². The van der Waals surface area contributed by atoms with Gasteiger partial charge in [-0.05, 0) is 41.3 Å². The molecule has 0 radical (unpaired) electrons. The predicted octanol–water partition coefficient (Wildman–Crippen LogP) is 4.66. The molecule has 7 heteroatoms. The van der Waals surface area contributed by atoms with Crippen LogP contribution in [0.25, 0.3) is 9.75 Å². The molecule has 3 aromatic rings. The van der Waals surface area contributed by atoms with Crippen LogP contribution in [0.5, 0.6) is 0 Å². The van der Waals surface area contributed by atoms with E-state index in [-0.39, 0.29) is 12.6 Å². The maximum Gasteiger partial charge on any atom is 0.315 e. The van der Waals surface area contributed by atoms with Crippen molar-refractivity contribution < 1.29 is 9.90 Å². The summed E-state index contributed by atoms with van der Waals surface area (Å²) in [5, 5.41) is 18.4. The third-order valence-electron chi connectivity index (χ3n) is 3.54. The first kappa shape index (κ1) is 17.9. The number of urea groups is 1. The summed E-state index contributed by atoms with van der Waals surface area (Å²) in [5.74, 6) is 0. The Labute approximate surface area is 159 Å². The van der Waals surface area contributed by atoms with Gasteiger partial charge in [0.1, 0.15) is 6.10 Å². The molecule has 0 fully saturated rings. The monoisotopic (exact) mass is 392 g/mol. The van der Waals surface area contributed by atoms with Crippen molar-refractivity contribution in [2.75, 3.05) is 6.54 Å². The van der Waals surface area contributed by atoms with E-state index in [1.54, 1.807) is 23.5 Å². The molecule has 2 heterocycles. The Hall–Kier alpha value is -1.86. The van der Waals surface area contributed by atoms with Crippen molar-refractivity contribution in [3.63, 3.8) is 0 Å². The molecule has 4 nitrogen and oxygen atoms in total. The Bertz CT molecular complexity index is 816. The molecule has 1 unspecified atom stereocenters. The van der Waals surface area contributed by atoms with Gasteiger partial charge < -0.3 is 15.7 Å². The van der Waals surface area contributed by atoms with Crippen molar-refractivity contribution in [2.45, 2.75) is 12.6 Å². The number of aliphatic hydroxyl groups is 1. The van der Waals surface area contributed by atoms with E-state index in [1.165, 1.54) is 16.2 Å². The second kappa shape index (κ2) is 8.49. The first-order valence-corrected chi connectivity index (χ1v) is 9.77. The van der Waals surface area contributed by atoms with E-state index in [0.29, 0.717) is 11.6 Å². The molecule has 3 rings (SSSR count). The molecule has 0 bridgehead atoms. The Morgan fingerprint density at radius 1 is 1.08 bits per heavy atom. The van der Waals surface area contributed by atoms with Gasteiger partial charge in [0.25, 0.3) is 0 Å². The fourth-order valence-corrected chi connectivity index (χ4v) is 4.17. The van der Waals surface area contributed by atoms with Crippen LogP contribution in [-0.4, -0.2) is 17.7 Å². The molecule has 25 heavy (non-hydrogen) atoms. The van der Waals surface area contributed by atoms with Crippen molar-refractivity contribution in [3.8, 4) is 9.75 Å². The Morgan fingerprint density at radius 3 is 2.60 bits per heavy atom. The summed E-state index contributed by atoms with van der Waals surface area (Å²) in [4.78, 5) is 15.0. The second-order valence-electron chi connectivity index (χ2n) is 5.39. The SMILES string of the molecule is O=C(NCc1ccc(Cl)cc1)NCC(O)c1ccc(-c2cccs2)s1. The Morgan fingerprint density at radius 2 is 1.88 bits per heavy atom. The highest BCUT2D eigenvalue weighted by molar-refractivity contribution is 7.21. The summed E-state index contributed by atoms with van der Waals surface area (Å²) in [6, 6.07) is 14.9. The highest BCUT2D eigenvalue weighted by Gasteiger charge is 2.13. The van der Waals surface area contributed by atoms with Crippen molar-refractivity contribution in [2.24, 2.45) is 0 Å². The number of thiophene rings is 2. The number of nitrogens with one attached hydrogen (secondary N) is 2. The van der Waals surface area contributed by atoms with Gasteiger partial charge in [-0.25, -0.2) is 4.79 Å². The maximum absolute atomic E-state index is 11.9. The summed E-state index contributed by atoms with van der Waals surface area (Å²) >= 11 is 9.03. The summed E-state index contributed by atoms with van der Waals surface area (Å²) < 4.78 is 0. The molecule has 0 spiro atoms. The predicted molar refractivity (Wildman–Crippen MR) is 104 cm³/mol. The maximum atomic E-state index is 11.9. The van der Waals surface area contributed by atoms with Crippen LogP contribution in [0.1, 0.15) is 16.5 Å². The number of aliphatic hydroxyl groups excluding tert-OH is 1. The minimum atomic E-state index is -0.722. The standard InChI is InChI=1S/C18H17ClN2O2S2/c19-13-5-3-12(4-6-13)10-20-18(23)21-11-14(22)15-7-8-17(25-15)16-2-1-9-24-16/h1-9,14,22H,10-11H2,(H2,20,21,23). The van der Waals surface area contributed by atoms with Crippen LogP contribution >= 0.6 is 34.3 Å². The molecule has 0 saturated carbocycles. The molecule has 0 saturated heterocycles. The van der Waals surface area contributed by atoms with Crippen LogP contribution < -0.4 is 10.6 Å². The fourth-order valence-electron chi connectivity index (χ4n) is 2.22. The first-order valence-electron chi connectivity index (χ1n) is 7.69. The average Bonchev–Trinajstić information content (AvgIpc) is 3.30. The molecule has 0 aliphatic heterocycles. The third kappa shape index (κ3) is 5.06. The van der Waals surface area contributed by atoms with Gasteiger partial charge in [0.15, 0.2) is 0 Å². The van der Waals surface area contributed by atoms with Gasteiger partial charge in [-0.15, -0.1) is 22.7 Å². The lowest BCUT2D eigenvalue weighted by atomic mass is 10.2. The molecule has 2 amide bonds. The highest BCUT2D eigenvalue weighted by Crippen LogP contribution is 2.33. The third-order valence-corrected chi connectivity index (χ3v) is 6.05. The molecular formula is C18H17ClN2O2S2. The largest absolute Gasteiger partial charge is 0.386 e. The molecule has 2 aromatic heterocycles. The van der Waals surface area contributed by atoms with Crippen molar-refractivity contribution >= 4 is 40.3 Å². The lowest BCUT2D eigenvalue weighted by Crippen LogP contribution is -2.37. The first-order chi connectivity index (χ1) is 12.1. The van der Waals surface area contributed by atoms with Crippen LogP contribution in [0.2, 0.25) is 5.02 Å². The van der Waals surface area contributed by atoms with Crippen LogP contribution in [0.3, 0.4) is 0 Å². The summed E-state index contributed by atoms with van der Waals surface area (Å²) in [6.07, 6.45) is -0.722. The van der Waals surface area contributed by atoms with E-state index >= 15 is 0 Å².